The molecule has 0 fully saturated rings. The summed E-state index contributed by atoms with van der Waals surface area (Å²) in [5, 5.41) is 2.99. The van der Waals surface area contributed by atoms with Gasteiger partial charge in [0.25, 0.3) is 10.0 Å². The molecule has 0 aliphatic heterocycles. The van der Waals surface area contributed by atoms with Crippen molar-refractivity contribution in [2.24, 2.45) is 0 Å². The summed E-state index contributed by atoms with van der Waals surface area (Å²) < 4.78 is 44.7. The van der Waals surface area contributed by atoms with Gasteiger partial charge in [0, 0.05) is 24.6 Å². The highest BCUT2D eigenvalue weighted by atomic mass is 32.2. The Bertz CT molecular complexity index is 1760. The van der Waals surface area contributed by atoms with Crippen molar-refractivity contribution in [3.63, 3.8) is 0 Å². The van der Waals surface area contributed by atoms with Crippen molar-refractivity contribution in [3.05, 3.63) is 131 Å². The van der Waals surface area contributed by atoms with E-state index in [-0.39, 0.29) is 29.5 Å². The van der Waals surface area contributed by atoms with Gasteiger partial charge in [-0.2, -0.15) is 0 Å². The van der Waals surface area contributed by atoms with Crippen molar-refractivity contribution in [1.29, 1.82) is 0 Å². The van der Waals surface area contributed by atoms with Crippen LogP contribution in [-0.4, -0.2) is 43.8 Å². The van der Waals surface area contributed by atoms with Gasteiger partial charge in [0.1, 0.15) is 18.4 Å². The SMILES string of the molecule is CCC(C)NC(=O)C(Cc1ccccc1)N(Cc1ccccc1F)C(=O)CN(c1ccc(C)cc1C)S(=O)(=O)c1ccc(C)cc1. The maximum Gasteiger partial charge on any atom is 0.264 e. The van der Waals surface area contributed by atoms with Gasteiger partial charge in [-0.1, -0.05) is 90.8 Å². The molecule has 0 saturated carbocycles. The van der Waals surface area contributed by atoms with Crippen LogP contribution in [-0.2, 0) is 32.6 Å². The van der Waals surface area contributed by atoms with E-state index in [0.717, 1.165) is 21.0 Å². The number of hydrogen-bond donors (Lipinski definition) is 1. The Morgan fingerprint density at radius 2 is 1.48 bits per heavy atom. The average Bonchev–Trinajstić information content (AvgIpc) is 3.03. The second-order valence-corrected chi connectivity index (χ2v) is 13.6. The molecule has 4 rings (SSSR count). The monoisotopic (exact) mass is 643 g/mol. The van der Waals surface area contributed by atoms with E-state index in [1.54, 1.807) is 49.4 Å². The molecular weight excluding hydrogens is 601 g/mol. The predicted molar refractivity (Wildman–Crippen MR) is 180 cm³/mol. The number of carbonyl (C=O) groups excluding carboxylic acids is 2. The van der Waals surface area contributed by atoms with Crippen molar-refractivity contribution in [2.75, 3.05) is 10.8 Å². The second-order valence-electron chi connectivity index (χ2n) is 11.8. The van der Waals surface area contributed by atoms with E-state index in [4.69, 9.17) is 0 Å². The van der Waals surface area contributed by atoms with E-state index in [1.807, 2.05) is 64.1 Å². The van der Waals surface area contributed by atoms with Crippen molar-refractivity contribution in [3.8, 4) is 0 Å². The molecule has 9 heteroatoms. The summed E-state index contributed by atoms with van der Waals surface area (Å²) >= 11 is 0. The van der Waals surface area contributed by atoms with Crippen LogP contribution in [0.15, 0.2) is 102 Å². The molecule has 0 spiro atoms. The smallest absolute Gasteiger partial charge is 0.264 e. The first-order valence-electron chi connectivity index (χ1n) is 15.4. The van der Waals surface area contributed by atoms with Gasteiger partial charge in [-0.15, -0.1) is 0 Å². The average molecular weight is 644 g/mol. The zero-order valence-electron chi connectivity index (χ0n) is 27.0. The summed E-state index contributed by atoms with van der Waals surface area (Å²) in [6.07, 6.45) is 0.817. The van der Waals surface area contributed by atoms with Gasteiger partial charge in [-0.05, 0) is 69.5 Å². The number of amides is 2. The Morgan fingerprint density at radius 3 is 2.11 bits per heavy atom. The van der Waals surface area contributed by atoms with E-state index in [1.165, 1.54) is 23.1 Å². The van der Waals surface area contributed by atoms with E-state index < -0.39 is 40.2 Å². The fourth-order valence-corrected chi connectivity index (χ4v) is 6.72. The Kier molecular flexibility index (Phi) is 11.4. The topological polar surface area (TPSA) is 86.8 Å². The maximum absolute atomic E-state index is 15.1. The minimum atomic E-state index is -4.23. The van der Waals surface area contributed by atoms with Crippen molar-refractivity contribution in [2.45, 2.75) is 71.0 Å². The van der Waals surface area contributed by atoms with Crippen LogP contribution in [0.25, 0.3) is 0 Å². The quantitative estimate of drug-likeness (QED) is 0.180. The number of nitrogens with zero attached hydrogens (tertiary/aromatic N) is 2. The third kappa shape index (κ3) is 8.40. The molecule has 0 radical (unpaired) electrons. The molecule has 0 aromatic heterocycles. The number of carbonyl (C=O) groups is 2. The van der Waals surface area contributed by atoms with E-state index >= 15 is 4.39 Å². The molecule has 0 heterocycles. The fourth-order valence-electron chi connectivity index (χ4n) is 5.24. The zero-order valence-corrected chi connectivity index (χ0v) is 27.9. The van der Waals surface area contributed by atoms with Gasteiger partial charge in [0.05, 0.1) is 10.6 Å². The summed E-state index contributed by atoms with van der Waals surface area (Å²) in [5.41, 5.74) is 3.85. The van der Waals surface area contributed by atoms with Crippen LogP contribution in [0, 0.1) is 26.6 Å². The summed E-state index contributed by atoms with van der Waals surface area (Å²) in [7, 11) is -4.23. The van der Waals surface area contributed by atoms with Crippen molar-refractivity contribution < 1.29 is 22.4 Å². The minimum Gasteiger partial charge on any atom is -0.352 e. The molecule has 2 amide bonds. The highest BCUT2D eigenvalue weighted by Gasteiger charge is 2.35. The first kappa shape index (κ1) is 34.4. The van der Waals surface area contributed by atoms with Crippen LogP contribution in [0.3, 0.4) is 0 Å². The number of anilines is 1. The van der Waals surface area contributed by atoms with Crippen LogP contribution in [0.1, 0.15) is 48.1 Å². The summed E-state index contributed by atoms with van der Waals surface area (Å²) in [6.45, 7) is 8.53. The summed E-state index contributed by atoms with van der Waals surface area (Å²) in [5.74, 6) is -1.57. The number of nitrogens with one attached hydrogen (secondary N) is 1. The molecule has 0 aliphatic carbocycles. The lowest BCUT2D eigenvalue weighted by Crippen LogP contribution is -2.54. The largest absolute Gasteiger partial charge is 0.352 e. The third-order valence-corrected chi connectivity index (χ3v) is 9.85. The van der Waals surface area contributed by atoms with Gasteiger partial charge in [0.15, 0.2) is 0 Å². The number of benzene rings is 4. The van der Waals surface area contributed by atoms with Crippen molar-refractivity contribution in [1.82, 2.24) is 10.2 Å². The summed E-state index contributed by atoms with van der Waals surface area (Å²) in [6, 6.07) is 25.9. The van der Waals surface area contributed by atoms with E-state index in [9.17, 15) is 18.0 Å². The Balaban J connectivity index is 1.84. The molecule has 0 saturated heterocycles. The number of sulfonamides is 1. The third-order valence-electron chi connectivity index (χ3n) is 8.08. The van der Waals surface area contributed by atoms with Gasteiger partial charge in [-0.25, -0.2) is 12.8 Å². The molecular formula is C37H42FN3O4S. The Labute approximate surface area is 272 Å². The number of hydrogen-bond acceptors (Lipinski definition) is 4. The zero-order chi connectivity index (χ0) is 33.4. The summed E-state index contributed by atoms with van der Waals surface area (Å²) in [4.78, 5) is 29.8. The number of rotatable bonds is 13. The highest BCUT2D eigenvalue weighted by Crippen LogP contribution is 2.29. The predicted octanol–water partition coefficient (Wildman–Crippen LogP) is 6.50. The molecule has 7 nitrogen and oxygen atoms in total. The standard InChI is InChI=1S/C37H42FN3O4S/c1-6-29(5)39-37(43)35(23-30-12-8-7-9-13-30)40(24-31-14-10-11-15-33(31)38)36(42)25-41(34-21-18-27(3)22-28(34)4)46(44,45)32-19-16-26(2)17-20-32/h7-22,29,35H,6,23-25H2,1-5H3,(H,39,43). The van der Waals surface area contributed by atoms with Crippen LogP contribution < -0.4 is 9.62 Å². The second kappa shape index (κ2) is 15.2. The van der Waals surface area contributed by atoms with Crippen LogP contribution in [0.2, 0.25) is 0 Å². The number of aryl methyl sites for hydroxylation is 3. The molecule has 1 N–H and O–H groups in total. The van der Waals surface area contributed by atoms with Crippen LogP contribution in [0.4, 0.5) is 10.1 Å². The normalized spacial score (nSPS) is 12.7. The van der Waals surface area contributed by atoms with E-state index in [0.29, 0.717) is 17.7 Å². The first-order valence-corrected chi connectivity index (χ1v) is 16.9. The minimum absolute atomic E-state index is 0.0295. The molecule has 0 aliphatic rings. The first-order chi connectivity index (χ1) is 21.9. The fraction of sp³-hybridized carbons (Fsp3) is 0.297. The lowest BCUT2D eigenvalue weighted by Gasteiger charge is -2.34. The lowest BCUT2D eigenvalue weighted by atomic mass is 10.0. The molecule has 0 bridgehead atoms. The van der Waals surface area contributed by atoms with Crippen LogP contribution >= 0.6 is 0 Å². The lowest BCUT2D eigenvalue weighted by molar-refractivity contribution is -0.140. The van der Waals surface area contributed by atoms with Gasteiger partial charge < -0.3 is 10.2 Å². The van der Waals surface area contributed by atoms with Crippen LogP contribution in [0.5, 0.6) is 0 Å². The molecule has 46 heavy (non-hydrogen) atoms. The van der Waals surface area contributed by atoms with E-state index in [2.05, 4.69) is 5.32 Å². The molecule has 4 aromatic rings. The molecule has 2 unspecified atom stereocenters. The molecule has 242 valence electrons. The number of halogens is 1. The Morgan fingerprint density at radius 1 is 0.848 bits per heavy atom. The molecule has 2 atom stereocenters. The molecule has 4 aromatic carbocycles. The maximum atomic E-state index is 15.1. The Hall–Kier alpha value is -4.50. The van der Waals surface area contributed by atoms with Gasteiger partial charge in [0.2, 0.25) is 11.8 Å². The van der Waals surface area contributed by atoms with Crippen molar-refractivity contribution >= 4 is 27.5 Å². The van der Waals surface area contributed by atoms with Gasteiger partial charge in [-0.3, -0.25) is 13.9 Å². The highest BCUT2D eigenvalue weighted by molar-refractivity contribution is 7.92. The van der Waals surface area contributed by atoms with Gasteiger partial charge >= 0.3 is 0 Å².